The minimum atomic E-state index is -0.757. The Morgan fingerprint density at radius 1 is 1.25 bits per heavy atom. The summed E-state index contributed by atoms with van der Waals surface area (Å²) in [5.41, 5.74) is 1.99. The number of benzene rings is 1. The molecule has 0 saturated heterocycles. The molecule has 0 saturated carbocycles. The molecule has 0 atom stereocenters. The minimum absolute atomic E-state index is 0.0441. The predicted octanol–water partition coefficient (Wildman–Crippen LogP) is 2.22. The van der Waals surface area contributed by atoms with Crippen molar-refractivity contribution in [2.45, 2.75) is 6.54 Å². The van der Waals surface area contributed by atoms with Crippen LogP contribution in [-0.4, -0.2) is 25.0 Å². The molecule has 0 spiro atoms. The highest BCUT2D eigenvalue weighted by Crippen LogP contribution is 2.12. The molecule has 1 aromatic carbocycles. The smallest absolute Gasteiger partial charge is 0.256 e. The Labute approximate surface area is 117 Å². The maximum Gasteiger partial charge on any atom is 0.256 e. The van der Waals surface area contributed by atoms with E-state index < -0.39 is 11.9 Å². The lowest BCUT2D eigenvalue weighted by atomic mass is 10.2. The molecular weight excluding hydrogens is 257 g/mol. The largest absolute Gasteiger partial charge is 0.378 e. The number of hydrogen-bond acceptors (Lipinski definition) is 3. The third kappa shape index (κ3) is 3.32. The summed E-state index contributed by atoms with van der Waals surface area (Å²) in [5, 5.41) is 2.67. The van der Waals surface area contributed by atoms with E-state index in [1.165, 1.54) is 18.3 Å². The second-order valence-corrected chi connectivity index (χ2v) is 4.59. The highest BCUT2D eigenvalue weighted by atomic mass is 19.1. The van der Waals surface area contributed by atoms with Gasteiger partial charge in [-0.2, -0.15) is 4.39 Å². The molecule has 0 fully saturated rings. The molecule has 0 bridgehead atoms. The first-order chi connectivity index (χ1) is 9.58. The van der Waals surface area contributed by atoms with E-state index in [0.29, 0.717) is 6.54 Å². The summed E-state index contributed by atoms with van der Waals surface area (Å²) in [6.07, 6.45) is 1.31. The normalized spacial score (nSPS) is 10.2. The lowest BCUT2D eigenvalue weighted by Gasteiger charge is -2.13. The van der Waals surface area contributed by atoms with Crippen molar-refractivity contribution in [3.8, 4) is 0 Å². The van der Waals surface area contributed by atoms with Crippen molar-refractivity contribution in [1.29, 1.82) is 0 Å². The van der Waals surface area contributed by atoms with Gasteiger partial charge < -0.3 is 10.2 Å². The van der Waals surface area contributed by atoms with Crippen molar-refractivity contribution in [3.05, 3.63) is 59.7 Å². The zero-order valence-electron chi connectivity index (χ0n) is 11.4. The van der Waals surface area contributed by atoms with Crippen molar-refractivity contribution in [2.75, 3.05) is 19.0 Å². The van der Waals surface area contributed by atoms with Crippen molar-refractivity contribution in [1.82, 2.24) is 10.3 Å². The van der Waals surface area contributed by atoms with Crippen LogP contribution in [0.3, 0.4) is 0 Å². The summed E-state index contributed by atoms with van der Waals surface area (Å²) in [6, 6.07) is 10.7. The number of hydrogen-bond donors (Lipinski definition) is 1. The van der Waals surface area contributed by atoms with Crippen LogP contribution in [0.2, 0.25) is 0 Å². The Morgan fingerprint density at radius 2 is 1.95 bits per heavy atom. The number of carbonyl (C=O) groups excluding carboxylic acids is 1. The van der Waals surface area contributed by atoms with Gasteiger partial charge in [0.05, 0.1) is 5.56 Å². The molecule has 0 radical (unpaired) electrons. The minimum Gasteiger partial charge on any atom is -0.378 e. The lowest BCUT2D eigenvalue weighted by molar-refractivity contribution is 0.0946. The molecule has 2 rings (SSSR count). The molecule has 1 heterocycles. The van der Waals surface area contributed by atoms with E-state index >= 15 is 0 Å². The van der Waals surface area contributed by atoms with Gasteiger partial charge in [-0.25, -0.2) is 4.98 Å². The van der Waals surface area contributed by atoms with Crippen LogP contribution in [0.25, 0.3) is 0 Å². The van der Waals surface area contributed by atoms with E-state index in [1.807, 2.05) is 43.3 Å². The van der Waals surface area contributed by atoms with Crippen LogP contribution in [0, 0.1) is 5.95 Å². The van der Waals surface area contributed by atoms with Crippen molar-refractivity contribution < 1.29 is 9.18 Å². The Balaban J connectivity index is 1.98. The van der Waals surface area contributed by atoms with Gasteiger partial charge in [-0.1, -0.05) is 12.1 Å². The van der Waals surface area contributed by atoms with E-state index in [2.05, 4.69) is 10.3 Å². The zero-order valence-corrected chi connectivity index (χ0v) is 11.4. The lowest BCUT2D eigenvalue weighted by Crippen LogP contribution is -2.24. The average molecular weight is 273 g/mol. The summed E-state index contributed by atoms with van der Waals surface area (Å²) in [6.45, 7) is 0.348. The summed E-state index contributed by atoms with van der Waals surface area (Å²) in [5.74, 6) is -1.22. The monoisotopic (exact) mass is 273 g/mol. The van der Waals surface area contributed by atoms with Gasteiger partial charge in [0.15, 0.2) is 0 Å². The summed E-state index contributed by atoms with van der Waals surface area (Å²) >= 11 is 0. The second-order valence-electron chi connectivity index (χ2n) is 4.59. The summed E-state index contributed by atoms with van der Waals surface area (Å²) < 4.78 is 13.3. The van der Waals surface area contributed by atoms with Gasteiger partial charge in [0.1, 0.15) is 0 Å². The third-order valence-corrected chi connectivity index (χ3v) is 2.91. The number of carbonyl (C=O) groups is 1. The number of amides is 1. The SMILES string of the molecule is CN(C)c1ccc(CNC(=O)c2cccnc2F)cc1. The molecule has 20 heavy (non-hydrogen) atoms. The molecule has 0 aliphatic heterocycles. The fraction of sp³-hybridized carbons (Fsp3) is 0.200. The van der Waals surface area contributed by atoms with Gasteiger partial charge in [-0.15, -0.1) is 0 Å². The molecule has 0 aliphatic rings. The van der Waals surface area contributed by atoms with Gasteiger partial charge in [-0.3, -0.25) is 4.79 Å². The first kappa shape index (κ1) is 14.0. The molecule has 2 aromatic rings. The number of rotatable bonds is 4. The molecule has 104 valence electrons. The highest BCUT2D eigenvalue weighted by molar-refractivity contribution is 5.94. The van der Waals surface area contributed by atoms with Gasteiger partial charge in [0.25, 0.3) is 5.91 Å². The topological polar surface area (TPSA) is 45.2 Å². The number of halogens is 1. The first-order valence-corrected chi connectivity index (χ1v) is 6.23. The molecule has 4 nitrogen and oxygen atoms in total. The van der Waals surface area contributed by atoms with E-state index in [4.69, 9.17) is 0 Å². The van der Waals surface area contributed by atoms with E-state index in [0.717, 1.165) is 11.3 Å². The van der Waals surface area contributed by atoms with Crippen LogP contribution in [0.1, 0.15) is 15.9 Å². The van der Waals surface area contributed by atoms with Gasteiger partial charge in [0, 0.05) is 32.5 Å². The Kier molecular flexibility index (Phi) is 4.30. The fourth-order valence-corrected chi connectivity index (χ4v) is 1.74. The van der Waals surface area contributed by atoms with E-state index in [-0.39, 0.29) is 5.56 Å². The summed E-state index contributed by atoms with van der Waals surface area (Å²) in [4.78, 5) is 17.3. The average Bonchev–Trinajstić information content (AvgIpc) is 2.45. The first-order valence-electron chi connectivity index (χ1n) is 6.23. The Bertz CT molecular complexity index is 596. The molecule has 1 aromatic heterocycles. The second kappa shape index (κ2) is 6.14. The molecular formula is C15H16FN3O. The number of aromatic nitrogens is 1. The van der Waals surface area contributed by atoms with Crippen LogP contribution in [0.15, 0.2) is 42.6 Å². The molecule has 0 aliphatic carbocycles. The van der Waals surface area contributed by atoms with Crippen LogP contribution in [0.4, 0.5) is 10.1 Å². The molecule has 0 unspecified atom stereocenters. The Hall–Kier alpha value is -2.43. The molecule has 5 heteroatoms. The highest BCUT2D eigenvalue weighted by Gasteiger charge is 2.11. The summed E-state index contributed by atoms with van der Waals surface area (Å²) in [7, 11) is 3.92. The van der Waals surface area contributed by atoms with Gasteiger partial charge >= 0.3 is 0 Å². The van der Waals surface area contributed by atoms with Crippen molar-refractivity contribution in [3.63, 3.8) is 0 Å². The zero-order chi connectivity index (χ0) is 14.5. The third-order valence-electron chi connectivity index (χ3n) is 2.91. The van der Waals surface area contributed by atoms with Crippen LogP contribution < -0.4 is 10.2 Å². The van der Waals surface area contributed by atoms with E-state index in [1.54, 1.807) is 0 Å². The number of pyridine rings is 1. The predicted molar refractivity (Wildman–Crippen MR) is 76.1 cm³/mol. The van der Waals surface area contributed by atoms with Crippen LogP contribution in [-0.2, 0) is 6.54 Å². The van der Waals surface area contributed by atoms with Crippen LogP contribution in [0.5, 0.6) is 0 Å². The van der Waals surface area contributed by atoms with Crippen molar-refractivity contribution in [2.24, 2.45) is 0 Å². The fourth-order valence-electron chi connectivity index (χ4n) is 1.74. The van der Waals surface area contributed by atoms with Gasteiger partial charge in [-0.05, 0) is 29.8 Å². The van der Waals surface area contributed by atoms with Crippen LogP contribution >= 0.6 is 0 Å². The maximum atomic E-state index is 13.3. The Morgan fingerprint density at radius 3 is 2.55 bits per heavy atom. The quantitative estimate of drug-likeness (QED) is 0.869. The van der Waals surface area contributed by atoms with Crippen molar-refractivity contribution >= 4 is 11.6 Å². The van der Waals surface area contributed by atoms with E-state index in [9.17, 15) is 9.18 Å². The molecule has 1 N–H and O–H groups in total. The standard InChI is InChI=1S/C15H16FN3O/c1-19(2)12-7-5-11(6-8-12)10-18-15(20)13-4-3-9-17-14(13)16/h3-9H,10H2,1-2H3,(H,18,20). The van der Waals surface area contributed by atoms with Gasteiger partial charge in [0.2, 0.25) is 5.95 Å². The number of anilines is 1. The number of nitrogens with one attached hydrogen (secondary N) is 1. The maximum absolute atomic E-state index is 13.3. The molecule has 1 amide bonds. The number of nitrogens with zero attached hydrogens (tertiary/aromatic N) is 2.